The van der Waals surface area contributed by atoms with Crippen LogP contribution in [0.15, 0.2) is 18.2 Å². The molecule has 0 atom stereocenters. The second-order valence-corrected chi connectivity index (χ2v) is 3.57. The predicted molar refractivity (Wildman–Crippen MR) is 60.7 cm³/mol. The van der Waals surface area contributed by atoms with Gasteiger partial charge in [0.25, 0.3) is 0 Å². The first kappa shape index (κ1) is 12.7. The Bertz CT molecular complexity index is 369. The van der Waals surface area contributed by atoms with Crippen LogP contribution < -0.4 is 5.32 Å². The normalized spacial score (nSPS) is 10.1. The Hall–Kier alpha value is -1.40. The lowest BCUT2D eigenvalue weighted by Crippen LogP contribution is -2.15. The lowest BCUT2D eigenvalue weighted by molar-refractivity contribution is 0.562. The Labute approximate surface area is 94.9 Å². The van der Waals surface area contributed by atoms with Crippen LogP contribution in [0.3, 0.4) is 0 Å². The van der Waals surface area contributed by atoms with Gasteiger partial charge in [0.15, 0.2) is 0 Å². The third-order valence-electron chi connectivity index (χ3n) is 2.25. The van der Waals surface area contributed by atoms with Crippen molar-refractivity contribution in [3.05, 3.63) is 35.4 Å². The van der Waals surface area contributed by atoms with E-state index in [0.717, 1.165) is 37.9 Å². The molecule has 0 bridgehead atoms. The second kappa shape index (κ2) is 6.97. The van der Waals surface area contributed by atoms with Gasteiger partial charge in [-0.1, -0.05) is 0 Å². The molecule has 1 aromatic carbocycles. The van der Waals surface area contributed by atoms with Gasteiger partial charge in [-0.15, -0.1) is 12.3 Å². The van der Waals surface area contributed by atoms with E-state index in [9.17, 15) is 8.78 Å². The zero-order valence-electron chi connectivity index (χ0n) is 9.10. The maximum atomic E-state index is 13.2. The SMILES string of the molecule is C#CCCCCNCc1cc(F)ccc1F. The molecule has 0 unspecified atom stereocenters. The number of hydrogen-bond acceptors (Lipinski definition) is 1. The van der Waals surface area contributed by atoms with Gasteiger partial charge >= 0.3 is 0 Å². The molecule has 0 aromatic heterocycles. The smallest absolute Gasteiger partial charge is 0.127 e. The van der Waals surface area contributed by atoms with Crippen molar-refractivity contribution in [3.8, 4) is 12.3 Å². The summed E-state index contributed by atoms with van der Waals surface area (Å²) in [6, 6.07) is 3.47. The molecule has 0 heterocycles. The van der Waals surface area contributed by atoms with Crippen LogP contribution in [0.25, 0.3) is 0 Å². The Morgan fingerprint density at radius 2 is 2.06 bits per heavy atom. The number of nitrogens with one attached hydrogen (secondary N) is 1. The van der Waals surface area contributed by atoms with Gasteiger partial charge in [-0.25, -0.2) is 8.78 Å². The summed E-state index contributed by atoms with van der Waals surface area (Å²) in [6.45, 7) is 1.11. The molecule has 86 valence electrons. The minimum atomic E-state index is -0.412. The summed E-state index contributed by atoms with van der Waals surface area (Å²) in [6.07, 6.45) is 7.77. The van der Waals surface area contributed by atoms with E-state index in [2.05, 4.69) is 11.2 Å². The highest BCUT2D eigenvalue weighted by molar-refractivity contribution is 5.18. The van der Waals surface area contributed by atoms with E-state index < -0.39 is 5.82 Å². The van der Waals surface area contributed by atoms with Gasteiger partial charge in [-0.3, -0.25) is 0 Å². The van der Waals surface area contributed by atoms with Crippen LogP contribution in [0.1, 0.15) is 24.8 Å². The summed E-state index contributed by atoms with van der Waals surface area (Å²) in [4.78, 5) is 0. The Morgan fingerprint density at radius 3 is 2.81 bits per heavy atom. The van der Waals surface area contributed by atoms with E-state index in [1.807, 2.05) is 0 Å². The van der Waals surface area contributed by atoms with E-state index >= 15 is 0 Å². The monoisotopic (exact) mass is 223 g/mol. The third-order valence-corrected chi connectivity index (χ3v) is 2.25. The van der Waals surface area contributed by atoms with Crippen molar-refractivity contribution in [2.24, 2.45) is 0 Å². The number of hydrogen-bond donors (Lipinski definition) is 1. The predicted octanol–water partition coefficient (Wildman–Crippen LogP) is 2.86. The first-order chi connectivity index (χ1) is 7.74. The van der Waals surface area contributed by atoms with Crippen LogP contribution >= 0.6 is 0 Å². The highest BCUT2D eigenvalue weighted by Crippen LogP contribution is 2.09. The van der Waals surface area contributed by atoms with E-state index in [4.69, 9.17) is 6.42 Å². The lowest BCUT2D eigenvalue weighted by atomic mass is 10.2. The number of unbranched alkanes of at least 4 members (excludes halogenated alkanes) is 2. The molecule has 0 radical (unpaired) electrons. The van der Waals surface area contributed by atoms with Gasteiger partial charge in [0, 0.05) is 18.5 Å². The molecule has 1 aromatic rings. The van der Waals surface area contributed by atoms with Crippen molar-refractivity contribution in [2.45, 2.75) is 25.8 Å². The average Bonchev–Trinajstić information content (AvgIpc) is 2.28. The summed E-state index contributed by atoms with van der Waals surface area (Å²) in [5.74, 6) is 1.77. The molecule has 0 aliphatic rings. The number of halogens is 2. The van der Waals surface area contributed by atoms with Gasteiger partial charge in [0.05, 0.1) is 0 Å². The quantitative estimate of drug-likeness (QED) is 0.577. The van der Waals surface area contributed by atoms with Crippen LogP contribution in [-0.4, -0.2) is 6.54 Å². The minimum Gasteiger partial charge on any atom is -0.313 e. The van der Waals surface area contributed by atoms with Crippen LogP contribution in [0.4, 0.5) is 8.78 Å². The zero-order valence-corrected chi connectivity index (χ0v) is 9.10. The molecule has 0 amide bonds. The van der Waals surface area contributed by atoms with Crippen LogP contribution in [0, 0.1) is 24.0 Å². The fourth-order valence-corrected chi connectivity index (χ4v) is 1.38. The molecular formula is C13H15F2N. The first-order valence-electron chi connectivity index (χ1n) is 5.32. The third kappa shape index (κ3) is 4.41. The molecule has 1 nitrogen and oxygen atoms in total. The average molecular weight is 223 g/mol. The van der Waals surface area contributed by atoms with E-state index in [1.165, 1.54) is 6.07 Å². The van der Waals surface area contributed by atoms with Gasteiger partial charge < -0.3 is 5.32 Å². The summed E-state index contributed by atoms with van der Waals surface area (Å²) in [5.41, 5.74) is 0.358. The minimum absolute atomic E-state index is 0.347. The maximum absolute atomic E-state index is 13.2. The Kier molecular flexibility index (Phi) is 5.52. The second-order valence-electron chi connectivity index (χ2n) is 3.57. The van der Waals surface area contributed by atoms with E-state index in [1.54, 1.807) is 0 Å². The fraction of sp³-hybridized carbons (Fsp3) is 0.385. The highest BCUT2D eigenvalue weighted by atomic mass is 19.1. The number of rotatable bonds is 6. The van der Waals surface area contributed by atoms with E-state index in [0.29, 0.717) is 12.1 Å². The highest BCUT2D eigenvalue weighted by Gasteiger charge is 2.02. The van der Waals surface area contributed by atoms with Gasteiger partial charge in [0.1, 0.15) is 11.6 Å². The van der Waals surface area contributed by atoms with Gasteiger partial charge in [-0.05, 0) is 37.6 Å². The molecule has 0 aliphatic carbocycles. The summed E-state index contributed by atoms with van der Waals surface area (Å²) < 4.78 is 26.0. The maximum Gasteiger partial charge on any atom is 0.127 e. The first-order valence-corrected chi connectivity index (χ1v) is 5.32. The topological polar surface area (TPSA) is 12.0 Å². The van der Waals surface area contributed by atoms with Crippen molar-refractivity contribution >= 4 is 0 Å². The van der Waals surface area contributed by atoms with Crippen molar-refractivity contribution < 1.29 is 8.78 Å². The summed E-state index contributed by atoms with van der Waals surface area (Å²) in [7, 11) is 0. The summed E-state index contributed by atoms with van der Waals surface area (Å²) in [5, 5.41) is 3.05. The van der Waals surface area contributed by atoms with Crippen LogP contribution in [-0.2, 0) is 6.54 Å². The van der Waals surface area contributed by atoms with Crippen molar-refractivity contribution in [3.63, 3.8) is 0 Å². The fourth-order valence-electron chi connectivity index (χ4n) is 1.38. The largest absolute Gasteiger partial charge is 0.313 e. The molecule has 0 spiro atoms. The Morgan fingerprint density at radius 1 is 1.25 bits per heavy atom. The molecule has 0 fully saturated rings. The molecule has 3 heteroatoms. The van der Waals surface area contributed by atoms with Crippen molar-refractivity contribution in [1.82, 2.24) is 5.32 Å². The number of benzene rings is 1. The molecule has 1 N–H and O–H groups in total. The molecule has 0 aliphatic heterocycles. The molecule has 0 saturated carbocycles. The van der Waals surface area contributed by atoms with Crippen molar-refractivity contribution in [1.29, 1.82) is 0 Å². The van der Waals surface area contributed by atoms with Gasteiger partial charge in [-0.2, -0.15) is 0 Å². The molecule has 16 heavy (non-hydrogen) atoms. The summed E-state index contributed by atoms with van der Waals surface area (Å²) >= 11 is 0. The van der Waals surface area contributed by atoms with E-state index in [-0.39, 0.29) is 5.82 Å². The van der Waals surface area contributed by atoms with Crippen LogP contribution in [0.5, 0.6) is 0 Å². The number of terminal acetylenes is 1. The standard InChI is InChI=1S/C13H15F2N/c1-2-3-4-5-8-16-10-11-9-12(14)6-7-13(11)15/h1,6-7,9,16H,3-5,8,10H2. The van der Waals surface area contributed by atoms with Crippen LogP contribution in [0.2, 0.25) is 0 Å². The zero-order chi connectivity index (χ0) is 11.8. The lowest BCUT2D eigenvalue weighted by Gasteiger charge is -2.05. The Balaban J connectivity index is 2.27. The van der Waals surface area contributed by atoms with Crippen molar-refractivity contribution in [2.75, 3.05) is 6.54 Å². The molecule has 0 saturated heterocycles. The van der Waals surface area contributed by atoms with Gasteiger partial charge in [0.2, 0.25) is 0 Å². The molecular weight excluding hydrogens is 208 g/mol. The molecule has 1 rings (SSSR count).